The standard InChI is InChI=1S/C18H21N3O5S/c1-14-4-2-3-5-16(14)19-17(22)13-20-12-15(6-7-18(20)23)27(24,25)21-8-10-26-11-9-21/h2-7,12H,8-11,13H2,1H3,(H,19,22). The van der Waals surface area contributed by atoms with E-state index < -0.39 is 21.5 Å². The SMILES string of the molecule is Cc1ccccc1NC(=O)Cn1cc(S(=O)(=O)N2CCOCC2)ccc1=O. The Morgan fingerprint density at radius 1 is 1.15 bits per heavy atom. The predicted octanol–water partition coefficient (Wildman–Crippen LogP) is 0.816. The number of ether oxygens (including phenoxy) is 1. The largest absolute Gasteiger partial charge is 0.379 e. The molecule has 8 nitrogen and oxygen atoms in total. The van der Waals surface area contributed by atoms with Gasteiger partial charge < -0.3 is 14.6 Å². The van der Waals surface area contributed by atoms with Gasteiger partial charge in [0.1, 0.15) is 6.54 Å². The van der Waals surface area contributed by atoms with Gasteiger partial charge in [-0.25, -0.2) is 8.42 Å². The zero-order valence-corrected chi connectivity index (χ0v) is 15.7. The minimum atomic E-state index is -3.74. The van der Waals surface area contributed by atoms with E-state index in [9.17, 15) is 18.0 Å². The lowest BCUT2D eigenvalue weighted by Gasteiger charge is -2.26. The second-order valence-corrected chi connectivity index (χ2v) is 8.15. The van der Waals surface area contributed by atoms with E-state index in [1.54, 1.807) is 12.1 Å². The molecule has 0 bridgehead atoms. The molecule has 2 heterocycles. The summed E-state index contributed by atoms with van der Waals surface area (Å²) in [5, 5.41) is 2.73. The summed E-state index contributed by atoms with van der Waals surface area (Å²) < 4.78 is 33.0. The molecule has 0 radical (unpaired) electrons. The molecule has 1 amide bonds. The molecule has 3 rings (SSSR count). The molecule has 0 unspecified atom stereocenters. The Kier molecular flexibility index (Phi) is 5.73. The predicted molar refractivity (Wildman–Crippen MR) is 100 cm³/mol. The molecule has 0 atom stereocenters. The van der Waals surface area contributed by atoms with E-state index in [1.807, 2.05) is 19.1 Å². The minimum Gasteiger partial charge on any atom is -0.379 e. The van der Waals surface area contributed by atoms with Crippen molar-refractivity contribution in [3.05, 3.63) is 58.5 Å². The van der Waals surface area contributed by atoms with Gasteiger partial charge in [-0.1, -0.05) is 18.2 Å². The molecule has 1 aliphatic rings. The number of carbonyl (C=O) groups is 1. The molecule has 1 aromatic heterocycles. The zero-order valence-electron chi connectivity index (χ0n) is 14.9. The second-order valence-electron chi connectivity index (χ2n) is 6.21. The van der Waals surface area contributed by atoms with Crippen LogP contribution in [-0.4, -0.2) is 49.5 Å². The van der Waals surface area contributed by atoms with Crippen LogP contribution in [0.4, 0.5) is 5.69 Å². The average Bonchev–Trinajstić information content (AvgIpc) is 2.66. The van der Waals surface area contributed by atoms with Crippen molar-refractivity contribution in [1.29, 1.82) is 0 Å². The Morgan fingerprint density at radius 3 is 2.56 bits per heavy atom. The number of hydrogen-bond acceptors (Lipinski definition) is 5. The average molecular weight is 391 g/mol. The Morgan fingerprint density at radius 2 is 1.85 bits per heavy atom. The number of benzene rings is 1. The molecule has 2 aromatic rings. The summed E-state index contributed by atoms with van der Waals surface area (Å²) in [6.45, 7) is 2.76. The molecule has 1 aromatic carbocycles. The number of carbonyl (C=O) groups excluding carboxylic acids is 1. The number of aromatic nitrogens is 1. The van der Waals surface area contributed by atoms with Crippen LogP contribution in [0, 0.1) is 6.92 Å². The first-order valence-electron chi connectivity index (χ1n) is 8.52. The van der Waals surface area contributed by atoms with Crippen molar-refractivity contribution in [2.75, 3.05) is 31.6 Å². The van der Waals surface area contributed by atoms with Gasteiger partial charge in [-0.3, -0.25) is 9.59 Å². The van der Waals surface area contributed by atoms with Gasteiger partial charge in [0, 0.05) is 31.0 Å². The maximum atomic E-state index is 12.7. The summed E-state index contributed by atoms with van der Waals surface area (Å²) in [6.07, 6.45) is 1.21. The van der Waals surface area contributed by atoms with Gasteiger partial charge in [0.25, 0.3) is 5.56 Å². The fourth-order valence-electron chi connectivity index (χ4n) is 2.78. The zero-order chi connectivity index (χ0) is 19.4. The lowest BCUT2D eigenvalue weighted by atomic mass is 10.2. The number of rotatable bonds is 5. The van der Waals surface area contributed by atoms with E-state index in [1.165, 1.54) is 16.6 Å². The molecule has 144 valence electrons. The highest BCUT2D eigenvalue weighted by Crippen LogP contribution is 2.16. The first kappa shape index (κ1) is 19.3. The smallest absolute Gasteiger partial charge is 0.251 e. The second kappa shape index (κ2) is 8.03. The van der Waals surface area contributed by atoms with E-state index in [0.29, 0.717) is 18.9 Å². The normalized spacial score (nSPS) is 15.4. The summed E-state index contributed by atoms with van der Waals surface area (Å²) in [6, 6.07) is 9.70. The van der Waals surface area contributed by atoms with Crippen molar-refractivity contribution in [3.63, 3.8) is 0 Å². The van der Waals surface area contributed by atoms with Gasteiger partial charge in [0.05, 0.1) is 18.1 Å². The maximum Gasteiger partial charge on any atom is 0.251 e. The summed E-state index contributed by atoms with van der Waals surface area (Å²) in [5.74, 6) is -0.410. The third kappa shape index (κ3) is 4.44. The van der Waals surface area contributed by atoms with Crippen LogP contribution in [0.2, 0.25) is 0 Å². The van der Waals surface area contributed by atoms with Gasteiger partial charge in [-0.2, -0.15) is 4.31 Å². The van der Waals surface area contributed by atoms with Crippen LogP contribution >= 0.6 is 0 Å². The molecule has 0 aliphatic carbocycles. The Labute approximate surface area is 157 Å². The van der Waals surface area contributed by atoms with Gasteiger partial charge >= 0.3 is 0 Å². The van der Waals surface area contributed by atoms with Gasteiger partial charge in [0.15, 0.2) is 0 Å². The summed E-state index contributed by atoms with van der Waals surface area (Å²) in [7, 11) is -3.74. The summed E-state index contributed by atoms with van der Waals surface area (Å²) in [4.78, 5) is 24.4. The van der Waals surface area contributed by atoms with E-state index in [-0.39, 0.29) is 24.5 Å². The van der Waals surface area contributed by atoms with E-state index in [0.717, 1.165) is 16.2 Å². The number of morpholine rings is 1. The lowest BCUT2D eigenvalue weighted by Crippen LogP contribution is -2.41. The molecule has 1 fully saturated rings. The van der Waals surface area contributed by atoms with Crippen LogP contribution in [0.3, 0.4) is 0 Å². The number of nitrogens with one attached hydrogen (secondary N) is 1. The van der Waals surface area contributed by atoms with Crippen molar-refractivity contribution >= 4 is 21.6 Å². The summed E-state index contributed by atoms with van der Waals surface area (Å²) >= 11 is 0. The van der Waals surface area contributed by atoms with Crippen LogP contribution in [0.25, 0.3) is 0 Å². The monoisotopic (exact) mass is 391 g/mol. The van der Waals surface area contributed by atoms with Crippen LogP contribution in [0.5, 0.6) is 0 Å². The van der Waals surface area contributed by atoms with Crippen LogP contribution in [-0.2, 0) is 26.1 Å². The summed E-state index contributed by atoms with van der Waals surface area (Å²) in [5.41, 5.74) is 1.09. The number of hydrogen-bond donors (Lipinski definition) is 1. The van der Waals surface area contributed by atoms with Crippen molar-refractivity contribution in [2.24, 2.45) is 0 Å². The van der Waals surface area contributed by atoms with Gasteiger partial charge in [0.2, 0.25) is 15.9 Å². The lowest BCUT2D eigenvalue weighted by molar-refractivity contribution is -0.116. The Bertz CT molecular complexity index is 994. The van der Waals surface area contributed by atoms with Crippen LogP contribution in [0.15, 0.2) is 52.3 Å². The van der Waals surface area contributed by atoms with Crippen molar-refractivity contribution < 1.29 is 17.9 Å². The number of para-hydroxylation sites is 1. The first-order valence-corrected chi connectivity index (χ1v) is 9.96. The maximum absolute atomic E-state index is 12.7. The number of pyridine rings is 1. The number of anilines is 1. The molecular weight excluding hydrogens is 370 g/mol. The highest BCUT2D eigenvalue weighted by atomic mass is 32.2. The van der Waals surface area contributed by atoms with E-state index in [2.05, 4.69) is 5.32 Å². The Hall–Kier alpha value is -2.49. The van der Waals surface area contributed by atoms with Crippen molar-refractivity contribution in [2.45, 2.75) is 18.4 Å². The quantitative estimate of drug-likeness (QED) is 0.814. The highest BCUT2D eigenvalue weighted by Gasteiger charge is 2.27. The minimum absolute atomic E-state index is 0.0207. The third-order valence-electron chi connectivity index (χ3n) is 4.30. The molecule has 9 heteroatoms. The fraction of sp³-hybridized carbons (Fsp3) is 0.333. The molecular formula is C18H21N3O5S. The van der Waals surface area contributed by atoms with E-state index in [4.69, 9.17) is 4.74 Å². The highest BCUT2D eigenvalue weighted by molar-refractivity contribution is 7.89. The van der Waals surface area contributed by atoms with Crippen molar-refractivity contribution in [1.82, 2.24) is 8.87 Å². The molecule has 27 heavy (non-hydrogen) atoms. The number of nitrogens with zero attached hydrogens (tertiary/aromatic N) is 2. The van der Waals surface area contributed by atoms with Crippen LogP contribution in [0.1, 0.15) is 5.56 Å². The van der Waals surface area contributed by atoms with Crippen molar-refractivity contribution in [3.8, 4) is 0 Å². The molecule has 1 saturated heterocycles. The molecule has 0 saturated carbocycles. The fourth-order valence-corrected chi connectivity index (χ4v) is 4.21. The molecule has 0 spiro atoms. The Balaban J connectivity index is 1.80. The third-order valence-corrected chi connectivity index (χ3v) is 6.18. The number of amides is 1. The molecule has 1 N–H and O–H groups in total. The number of sulfonamides is 1. The molecule has 1 aliphatic heterocycles. The number of aryl methyl sites for hydroxylation is 1. The van der Waals surface area contributed by atoms with Gasteiger partial charge in [-0.15, -0.1) is 0 Å². The first-order chi connectivity index (χ1) is 12.9. The van der Waals surface area contributed by atoms with E-state index >= 15 is 0 Å². The van der Waals surface area contributed by atoms with Gasteiger partial charge in [-0.05, 0) is 24.6 Å². The van der Waals surface area contributed by atoms with Crippen LogP contribution < -0.4 is 10.9 Å². The topological polar surface area (TPSA) is 97.7 Å².